The van der Waals surface area contributed by atoms with Crippen LogP contribution in [0.1, 0.15) is 36.4 Å². The highest BCUT2D eigenvalue weighted by Crippen LogP contribution is 2.30. The summed E-state index contributed by atoms with van der Waals surface area (Å²) >= 11 is 0. The lowest BCUT2D eigenvalue weighted by molar-refractivity contribution is -0.129. The molecule has 3 rings (SSSR count). The predicted octanol–water partition coefficient (Wildman–Crippen LogP) is 3.90. The van der Waals surface area contributed by atoms with E-state index in [4.69, 9.17) is 4.74 Å². The number of benzene rings is 2. The zero-order valence-corrected chi connectivity index (χ0v) is 13.0. The minimum atomic E-state index is -0.552. The van der Waals surface area contributed by atoms with Gasteiger partial charge in [0.2, 0.25) is 5.91 Å². The van der Waals surface area contributed by atoms with Crippen molar-refractivity contribution in [1.29, 1.82) is 0 Å². The first kappa shape index (κ1) is 15.3. The van der Waals surface area contributed by atoms with Crippen LogP contribution in [-0.4, -0.2) is 23.5 Å². The van der Waals surface area contributed by atoms with Gasteiger partial charge in [-0.25, -0.2) is 9.69 Å². The maximum Gasteiger partial charge on any atom is 0.417 e. The number of nitrogens with zero attached hydrogens (tertiary/aromatic N) is 1. The van der Waals surface area contributed by atoms with Crippen LogP contribution >= 0.6 is 0 Å². The van der Waals surface area contributed by atoms with E-state index < -0.39 is 6.09 Å². The van der Waals surface area contributed by atoms with Gasteiger partial charge >= 0.3 is 6.09 Å². The van der Waals surface area contributed by atoms with Crippen molar-refractivity contribution in [3.8, 4) is 0 Å². The maximum absolute atomic E-state index is 12.6. The summed E-state index contributed by atoms with van der Waals surface area (Å²) in [4.78, 5) is 25.9. The molecule has 0 unspecified atom stereocenters. The van der Waals surface area contributed by atoms with E-state index in [0.29, 0.717) is 0 Å². The van der Waals surface area contributed by atoms with Gasteiger partial charge in [-0.1, -0.05) is 67.6 Å². The Bertz CT molecular complexity index is 684. The van der Waals surface area contributed by atoms with Crippen molar-refractivity contribution < 1.29 is 14.3 Å². The van der Waals surface area contributed by atoms with E-state index in [9.17, 15) is 9.59 Å². The average molecular weight is 309 g/mol. The van der Waals surface area contributed by atoms with E-state index in [0.717, 1.165) is 11.1 Å². The number of carbonyl (C=O) groups excluding carboxylic acids is 2. The van der Waals surface area contributed by atoms with Crippen LogP contribution < -0.4 is 0 Å². The van der Waals surface area contributed by atoms with Crippen LogP contribution in [0.5, 0.6) is 0 Å². The first-order chi connectivity index (χ1) is 11.2. The minimum absolute atomic E-state index is 0.0496. The van der Waals surface area contributed by atoms with Gasteiger partial charge in [0.05, 0.1) is 0 Å². The number of ether oxygens (including phenoxy) is 1. The molecule has 0 N–H and O–H groups in total. The number of amides is 2. The Morgan fingerprint density at radius 3 is 2.39 bits per heavy atom. The average Bonchev–Trinajstić information content (AvgIpc) is 2.98. The standard InChI is InChI=1S/C19H19NO3/c1-14(15-8-4-2-5-9-15)12-18(21)20-17(13-23-19(20)22)16-10-6-3-7-11-16/h2-11,14,17H,12-13H2,1H3/t14-,17+/m0/s1. The van der Waals surface area contributed by atoms with Crippen LogP contribution in [0.15, 0.2) is 60.7 Å². The zero-order valence-electron chi connectivity index (χ0n) is 13.0. The van der Waals surface area contributed by atoms with Crippen LogP contribution in [-0.2, 0) is 9.53 Å². The van der Waals surface area contributed by atoms with Gasteiger partial charge in [0, 0.05) is 6.42 Å². The third kappa shape index (κ3) is 3.26. The molecule has 2 aromatic rings. The Kier molecular flexibility index (Phi) is 4.42. The lowest BCUT2D eigenvalue weighted by Gasteiger charge is -2.21. The van der Waals surface area contributed by atoms with Gasteiger partial charge in [-0.05, 0) is 17.0 Å². The third-order valence-electron chi connectivity index (χ3n) is 4.18. The van der Waals surface area contributed by atoms with E-state index in [1.165, 1.54) is 4.90 Å². The second-order valence-electron chi connectivity index (χ2n) is 5.78. The summed E-state index contributed by atoms with van der Waals surface area (Å²) in [6.45, 7) is 2.21. The van der Waals surface area contributed by atoms with Gasteiger partial charge in [-0.3, -0.25) is 4.79 Å². The molecule has 1 fully saturated rings. The van der Waals surface area contributed by atoms with E-state index in [-0.39, 0.29) is 30.9 Å². The molecule has 0 aliphatic carbocycles. The van der Waals surface area contributed by atoms with Crippen molar-refractivity contribution in [2.75, 3.05) is 6.61 Å². The Hall–Kier alpha value is -2.62. The Morgan fingerprint density at radius 2 is 1.74 bits per heavy atom. The van der Waals surface area contributed by atoms with Crippen LogP contribution in [0.2, 0.25) is 0 Å². The Balaban J connectivity index is 1.76. The molecule has 1 aliphatic rings. The van der Waals surface area contributed by atoms with Crippen molar-refractivity contribution in [3.63, 3.8) is 0 Å². The molecule has 2 atom stereocenters. The van der Waals surface area contributed by atoms with Crippen molar-refractivity contribution in [2.45, 2.75) is 25.3 Å². The molecular formula is C19H19NO3. The normalized spacial score (nSPS) is 18.6. The number of carbonyl (C=O) groups is 2. The highest BCUT2D eigenvalue weighted by atomic mass is 16.6. The molecule has 0 spiro atoms. The molecule has 2 amide bonds. The highest BCUT2D eigenvalue weighted by molar-refractivity contribution is 5.94. The molecule has 0 radical (unpaired) electrons. The molecule has 23 heavy (non-hydrogen) atoms. The van der Waals surface area contributed by atoms with Gasteiger partial charge in [0.15, 0.2) is 0 Å². The number of hydrogen-bond acceptors (Lipinski definition) is 3. The zero-order chi connectivity index (χ0) is 16.2. The Labute approximate surface area is 135 Å². The van der Waals surface area contributed by atoms with Gasteiger partial charge < -0.3 is 4.74 Å². The van der Waals surface area contributed by atoms with Gasteiger partial charge in [-0.2, -0.15) is 0 Å². The summed E-state index contributed by atoms with van der Waals surface area (Å²) in [5.74, 6) is -0.147. The van der Waals surface area contributed by atoms with E-state index >= 15 is 0 Å². The quantitative estimate of drug-likeness (QED) is 0.860. The number of hydrogen-bond donors (Lipinski definition) is 0. The summed E-state index contributed by atoms with van der Waals surface area (Å²) in [5.41, 5.74) is 2.00. The molecular weight excluding hydrogens is 290 g/mol. The topological polar surface area (TPSA) is 46.6 Å². The van der Waals surface area contributed by atoms with Crippen molar-refractivity contribution in [2.24, 2.45) is 0 Å². The molecule has 4 nitrogen and oxygen atoms in total. The highest BCUT2D eigenvalue weighted by Gasteiger charge is 2.38. The second kappa shape index (κ2) is 6.65. The molecule has 2 aromatic carbocycles. The van der Waals surface area contributed by atoms with Gasteiger partial charge in [0.25, 0.3) is 0 Å². The molecule has 1 aliphatic heterocycles. The fourth-order valence-electron chi connectivity index (χ4n) is 2.88. The molecule has 0 saturated carbocycles. The Morgan fingerprint density at radius 1 is 1.13 bits per heavy atom. The van der Waals surface area contributed by atoms with Gasteiger partial charge in [-0.15, -0.1) is 0 Å². The number of cyclic esters (lactones) is 1. The smallest absolute Gasteiger partial charge is 0.417 e. The van der Waals surface area contributed by atoms with Crippen molar-refractivity contribution >= 4 is 12.0 Å². The lowest BCUT2D eigenvalue weighted by atomic mass is 9.96. The van der Waals surface area contributed by atoms with Crippen LogP contribution in [0, 0.1) is 0 Å². The van der Waals surface area contributed by atoms with E-state index in [1.807, 2.05) is 67.6 Å². The first-order valence-electron chi connectivity index (χ1n) is 7.75. The molecule has 1 heterocycles. The van der Waals surface area contributed by atoms with Crippen molar-refractivity contribution in [3.05, 3.63) is 71.8 Å². The summed E-state index contributed by atoms with van der Waals surface area (Å²) in [7, 11) is 0. The maximum atomic E-state index is 12.6. The number of imide groups is 1. The SMILES string of the molecule is C[C@@H](CC(=O)N1C(=O)OC[C@@H]1c1ccccc1)c1ccccc1. The minimum Gasteiger partial charge on any atom is -0.446 e. The van der Waals surface area contributed by atoms with E-state index in [1.54, 1.807) is 0 Å². The molecule has 0 aromatic heterocycles. The lowest BCUT2D eigenvalue weighted by Crippen LogP contribution is -2.34. The summed E-state index contributed by atoms with van der Waals surface area (Å²) in [6.07, 6.45) is -0.272. The molecule has 4 heteroatoms. The summed E-state index contributed by atoms with van der Waals surface area (Å²) < 4.78 is 5.11. The largest absolute Gasteiger partial charge is 0.446 e. The van der Waals surface area contributed by atoms with Crippen LogP contribution in [0.25, 0.3) is 0 Å². The third-order valence-corrected chi connectivity index (χ3v) is 4.18. The van der Waals surface area contributed by atoms with Crippen molar-refractivity contribution in [1.82, 2.24) is 4.90 Å². The van der Waals surface area contributed by atoms with Crippen LogP contribution in [0.3, 0.4) is 0 Å². The second-order valence-corrected chi connectivity index (χ2v) is 5.78. The summed E-state index contributed by atoms with van der Waals surface area (Å²) in [6, 6.07) is 19.0. The molecule has 0 bridgehead atoms. The van der Waals surface area contributed by atoms with Crippen LogP contribution in [0.4, 0.5) is 4.79 Å². The monoisotopic (exact) mass is 309 g/mol. The first-order valence-corrected chi connectivity index (χ1v) is 7.75. The predicted molar refractivity (Wildman–Crippen MR) is 86.9 cm³/mol. The fourth-order valence-corrected chi connectivity index (χ4v) is 2.88. The number of rotatable bonds is 4. The van der Waals surface area contributed by atoms with Gasteiger partial charge in [0.1, 0.15) is 12.6 Å². The molecule has 1 saturated heterocycles. The van der Waals surface area contributed by atoms with E-state index in [2.05, 4.69) is 0 Å². The molecule has 118 valence electrons. The summed E-state index contributed by atoms with van der Waals surface area (Å²) in [5, 5.41) is 0. The fraction of sp³-hybridized carbons (Fsp3) is 0.263.